The zero-order chi connectivity index (χ0) is 24.2. The Labute approximate surface area is 204 Å². The van der Waals surface area contributed by atoms with Gasteiger partial charge >= 0.3 is 5.69 Å². The number of ether oxygens (including phenoxy) is 1. The molecule has 0 fully saturated rings. The van der Waals surface area contributed by atoms with Crippen LogP contribution in [-0.2, 0) is 13.2 Å². The van der Waals surface area contributed by atoms with E-state index in [1.165, 1.54) is 24.4 Å². The third-order valence-electron chi connectivity index (χ3n) is 4.84. The molecule has 0 unspecified atom stereocenters. The van der Waals surface area contributed by atoms with Crippen LogP contribution in [0.4, 0.5) is 11.4 Å². The number of aryl methyl sites for hydroxylation is 1. The van der Waals surface area contributed by atoms with Crippen molar-refractivity contribution in [3.05, 3.63) is 104 Å². The second kappa shape index (κ2) is 9.98. The van der Waals surface area contributed by atoms with Crippen LogP contribution in [0.3, 0.4) is 0 Å². The van der Waals surface area contributed by atoms with Gasteiger partial charge < -0.3 is 14.5 Å². The molecule has 34 heavy (non-hydrogen) atoms. The van der Waals surface area contributed by atoms with Crippen molar-refractivity contribution in [2.24, 2.45) is 0 Å². The summed E-state index contributed by atoms with van der Waals surface area (Å²) in [6.45, 7) is 2.01. The molecule has 4 rings (SSSR count). The zero-order valence-corrected chi connectivity index (χ0v) is 19.3. The molecule has 174 valence electrons. The summed E-state index contributed by atoms with van der Waals surface area (Å²) in [7, 11) is 0. The van der Waals surface area contributed by atoms with Crippen LogP contribution in [0.2, 0.25) is 10.0 Å². The first-order valence-corrected chi connectivity index (χ1v) is 10.8. The van der Waals surface area contributed by atoms with Crippen LogP contribution in [0, 0.1) is 17.0 Å². The van der Waals surface area contributed by atoms with E-state index in [9.17, 15) is 14.9 Å². The predicted octanol–water partition coefficient (Wildman–Crippen LogP) is 5.88. The Balaban J connectivity index is 1.38. The summed E-state index contributed by atoms with van der Waals surface area (Å²) in [4.78, 5) is 23.3. The molecule has 1 amide bonds. The molecule has 0 bridgehead atoms. The quantitative estimate of drug-likeness (QED) is 0.238. The number of hydrogen-bond acceptors (Lipinski definition) is 6. The highest BCUT2D eigenvalue weighted by Crippen LogP contribution is 2.29. The molecule has 0 aliphatic carbocycles. The largest absolute Gasteiger partial charge is 0.479 e. The molecule has 0 aliphatic heterocycles. The molecule has 0 saturated carbocycles. The van der Waals surface area contributed by atoms with Gasteiger partial charge in [0.05, 0.1) is 23.4 Å². The van der Waals surface area contributed by atoms with Gasteiger partial charge in [0, 0.05) is 27.9 Å². The lowest BCUT2D eigenvalue weighted by atomic mass is 10.2. The van der Waals surface area contributed by atoms with Crippen molar-refractivity contribution >= 4 is 40.5 Å². The minimum absolute atomic E-state index is 0.0545. The molecule has 2 aromatic heterocycles. The molecule has 0 atom stereocenters. The first-order valence-electron chi connectivity index (χ1n) is 10.0. The Morgan fingerprint density at radius 3 is 2.71 bits per heavy atom. The average Bonchev–Trinajstić information content (AvgIpc) is 3.45. The predicted molar refractivity (Wildman–Crippen MR) is 127 cm³/mol. The van der Waals surface area contributed by atoms with Gasteiger partial charge in [0.1, 0.15) is 12.4 Å². The van der Waals surface area contributed by atoms with Crippen LogP contribution < -0.4 is 10.1 Å². The van der Waals surface area contributed by atoms with Crippen molar-refractivity contribution in [3.63, 3.8) is 0 Å². The molecule has 0 saturated heterocycles. The highest BCUT2D eigenvalue weighted by atomic mass is 35.5. The molecule has 0 spiro atoms. The van der Waals surface area contributed by atoms with Gasteiger partial charge in [-0.05, 0) is 42.8 Å². The lowest BCUT2D eigenvalue weighted by Crippen LogP contribution is -2.10. The van der Waals surface area contributed by atoms with Crippen LogP contribution in [0.15, 0.2) is 65.3 Å². The number of amides is 1. The number of nitro groups is 1. The SMILES string of the molecule is Cc1ccc(OCc2ccc(C(=O)Nc3cnn(Cc4c(Cl)cccc4Cl)c3)o2)c([N+](=O)[O-])c1. The monoisotopic (exact) mass is 500 g/mol. The fraction of sp³-hybridized carbons (Fsp3) is 0.130. The topological polar surface area (TPSA) is 112 Å². The zero-order valence-electron chi connectivity index (χ0n) is 17.8. The summed E-state index contributed by atoms with van der Waals surface area (Å²) in [6.07, 6.45) is 3.13. The minimum atomic E-state index is -0.511. The number of furan rings is 1. The summed E-state index contributed by atoms with van der Waals surface area (Å²) >= 11 is 12.4. The second-order valence-electron chi connectivity index (χ2n) is 7.36. The highest BCUT2D eigenvalue weighted by molar-refractivity contribution is 6.35. The number of carbonyl (C=O) groups excluding carboxylic acids is 1. The highest BCUT2D eigenvalue weighted by Gasteiger charge is 2.17. The van der Waals surface area contributed by atoms with Gasteiger partial charge in [-0.3, -0.25) is 19.6 Å². The standard InChI is InChI=1S/C23H18Cl2N4O5/c1-14-5-7-21(20(9-14)29(31)32)33-13-16-6-8-22(34-16)23(30)27-15-10-26-28(11-15)12-17-18(24)3-2-4-19(17)25/h2-11H,12-13H2,1H3,(H,27,30). The number of nitro benzene ring substituents is 1. The Morgan fingerprint density at radius 2 is 1.97 bits per heavy atom. The lowest BCUT2D eigenvalue weighted by molar-refractivity contribution is -0.386. The van der Waals surface area contributed by atoms with Crippen LogP contribution >= 0.6 is 23.2 Å². The normalized spacial score (nSPS) is 10.8. The third kappa shape index (κ3) is 5.38. The molecule has 0 radical (unpaired) electrons. The van der Waals surface area contributed by atoms with Crippen LogP contribution in [0.25, 0.3) is 0 Å². The van der Waals surface area contributed by atoms with Gasteiger partial charge in [-0.2, -0.15) is 5.10 Å². The summed E-state index contributed by atoms with van der Waals surface area (Å²) in [5, 5.41) is 19.2. The second-order valence-corrected chi connectivity index (χ2v) is 8.18. The van der Waals surface area contributed by atoms with Crippen molar-refractivity contribution in [2.45, 2.75) is 20.1 Å². The number of aromatic nitrogens is 2. The van der Waals surface area contributed by atoms with Crippen molar-refractivity contribution in [2.75, 3.05) is 5.32 Å². The minimum Gasteiger partial charge on any atom is -0.479 e. The number of benzene rings is 2. The van der Waals surface area contributed by atoms with E-state index in [4.69, 9.17) is 32.4 Å². The number of rotatable bonds is 8. The number of anilines is 1. The Kier molecular flexibility index (Phi) is 6.85. The van der Waals surface area contributed by atoms with E-state index in [0.29, 0.717) is 28.0 Å². The van der Waals surface area contributed by atoms with Crippen LogP contribution in [0.1, 0.15) is 27.4 Å². The molecular formula is C23H18Cl2N4O5. The summed E-state index contributed by atoms with van der Waals surface area (Å²) < 4.78 is 12.7. The van der Waals surface area contributed by atoms with Crippen molar-refractivity contribution < 1.29 is 18.9 Å². The van der Waals surface area contributed by atoms with Gasteiger partial charge in [-0.15, -0.1) is 0 Å². The van der Waals surface area contributed by atoms with Gasteiger partial charge in [0.25, 0.3) is 5.91 Å². The molecule has 2 heterocycles. The van der Waals surface area contributed by atoms with E-state index in [-0.39, 0.29) is 23.8 Å². The lowest BCUT2D eigenvalue weighted by Gasteiger charge is -2.06. The van der Waals surface area contributed by atoms with E-state index in [2.05, 4.69) is 10.4 Å². The molecule has 2 aromatic carbocycles. The van der Waals surface area contributed by atoms with E-state index < -0.39 is 10.8 Å². The molecular weight excluding hydrogens is 483 g/mol. The fourth-order valence-corrected chi connectivity index (χ4v) is 3.69. The summed E-state index contributed by atoms with van der Waals surface area (Å²) in [5.74, 6) is 0.0231. The number of hydrogen-bond donors (Lipinski definition) is 1. The Hall–Kier alpha value is -3.82. The Morgan fingerprint density at radius 1 is 1.21 bits per heavy atom. The molecule has 0 aliphatic rings. The summed E-state index contributed by atoms with van der Waals surface area (Å²) in [5.41, 5.74) is 1.78. The first-order chi connectivity index (χ1) is 16.3. The van der Waals surface area contributed by atoms with Crippen molar-refractivity contribution in [1.82, 2.24) is 9.78 Å². The maximum absolute atomic E-state index is 12.5. The number of nitrogens with zero attached hydrogens (tertiary/aromatic N) is 3. The van der Waals surface area contributed by atoms with Gasteiger partial charge in [-0.1, -0.05) is 35.3 Å². The third-order valence-corrected chi connectivity index (χ3v) is 5.55. The average molecular weight is 501 g/mol. The van der Waals surface area contributed by atoms with Gasteiger partial charge in [0.2, 0.25) is 0 Å². The van der Waals surface area contributed by atoms with E-state index in [0.717, 1.165) is 11.1 Å². The summed E-state index contributed by atoms with van der Waals surface area (Å²) in [6, 6.07) is 13.0. The smallest absolute Gasteiger partial charge is 0.311 e. The van der Waals surface area contributed by atoms with E-state index in [1.807, 2.05) is 0 Å². The van der Waals surface area contributed by atoms with Crippen molar-refractivity contribution in [1.29, 1.82) is 0 Å². The molecule has 4 aromatic rings. The van der Waals surface area contributed by atoms with Gasteiger partial charge in [-0.25, -0.2) is 0 Å². The number of carbonyl (C=O) groups is 1. The first kappa shape index (κ1) is 23.3. The van der Waals surface area contributed by atoms with Gasteiger partial charge in [0.15, 0.2) is 11.5 Å². The number of halogens is 2. The molecule has 9 nitrogen and oxygen atoms in total. The molecule has 11 heteroatoms. The maximum Gasteiger partial charge on any atom is 0.311 e. The van der Waals surface area contributed by atoms with Crippen LogP contribution in [0.5, 0.6) is 5.75 Å². The van der Waals surface area contributed by atoms with E-state index >= 15 is 0 Å². The fourth-order valence-electron chi connectivity index (χ4n) is 3.17. The van der Waals surface area contributed by atoms with Crippen LogP contribution in [-0.4, -0.2) is 20.6 Å². The Bertz CT molecular complexity index is 1340. The molecule has 1 N–H and O–H groups in total. The maximum atomic E-state index is 12.5. The van der Waals surface area contributed by atoms with E-state index in [1.54, 1.807) is 48.1 Å². The number of nitrogens with one attached hydrogen (secondary N) is 1. The van der Waals surface area contributed by atoms with Crippen molar-refractivity contribution in [3.8, 4) is 5.75 Å².